The molecule has 5 heteroatoms. The summed E-state index contributed by atoms with van der Waals surface area (Å²) in [6.07, 6.45) is 2.18. The lowest BCUT2D eigenvalue weighted by Crippen LogP contribution is -2.14. The van der Waals surface area contributed by atoms with E-state index in [-0.39, 0.29) is 11.7 Å². The fourth-order valence-electron chi connectivity index (χ4n) is 1.61. The van der Waals surface area contributed by atoms with Gasteiger partial charge in [0.15, 0.2) is 0 Å². The van der Waals surface area contributed by atoms with Gasteiger partial charge >= 0.3 is 0 Å². The fourth-order valence-corrected chi connectivity index (χ4v) is 2.06. The zero-order valence-corrected chi connectivity index (χ0v) is 12.0. The first-order chi connectivity index (χ1) is 8.52. The highest BCUT2D eigenvalue weighted by atomic mass is 79.9. The molecular weight excluding hydrogens is 299 g/mol. The van der Waals surface area contributed by atoms with Crippen LogP contribution in [-0.2, 0) is 4.79 Å². The topological polar surface area (TPSA) is 55.1 Å². The standard InChI is InChI=1S/C13H18BrFN2O/c1-9(6-7-16)2-5-13(18)17-12-4-3-10(15)8-11(12)14/h3-4,8-9H,2,5-7,16H2,1H3,(H,17,18). The minimum absolute atomic E-state index is 0.0637. The van der Waals surface area contributed by atoms with Crippen LogP contribution >= 0.6 is 15.9 Å². The molecule has 1 unspecified atom stereocenters. The summed E-state index contributed by atoms with van der Waals surface area (Å²) in [6.45, 7) is 2.72. The Morgan fingerprint density at radius 3 is 2.83 bits per heavy atom. The van der Waals surface area contributed by atoms with Crippen molar-refractivity contribution >= 4 is 27.5 Å². The molecular formula is C13H18BrFN2O. The maximum Gasteiger partial charge on any atom is 0.224 e. The SMILES string of the molecule is CC(CCN)CCC(=O)Nc1ccc(F)cc1Br. The van der Waals surface area contributed by atoms with Crippen LogP contribution < -0.4 is 11.1 Å². The summed E-state index contributed by atoms with van der Waals surface area (Å²) in [5.74, 6) is 0.0417. The summed E-state index contributed by atoms with van der Waals surface area (Å²) in [7, 11) is 0. The molecule has 100 valence electrons. The van der Waals surface area contributed by atoms with Crippen molar-refractivity contribution in [3.05, 3.63) is 28.5 Å². The van der Waals surface area contributed by atoms with Crippen LogP contribution in [0.3, 0.4) is 0 Å². The summed E-state index contributed by atoms with van der Waals surface area (Å²) < 4.78 is 13.4. The Kier molecular flexibility index (Phi) is 6.29. The lowest BCUT2D eigenvalue weighted by Gasteiger charge is -2.10. The molecule has 0 fully saturated rings. The minimum Gasteiger partial charge on any atom is -0.330 e. The van der Waals surface area contributed by atoms with Crippen LogP contribution in [0.15, 0.2) is 22.7 Å². The van der Waals surface area contributed by atoms with Crippen LogP contribution in [0.25, 0.3) is 0 Å². The number of halogens is 2. The molecule has 0 saturated heterocycles. The maximum atomic E-state index is 12.9. The Morgan fingerprint density at radius 1 is 1.50 bits per heavy atom. The summed E-state index contributed by atoms with van der Waals surface area (Å²) in [4.78, 5) is 11.7. The Hall–Kier alpha value is -0.940. The molecule has 1 atom stereocenters. The molecule has 18 heavy (non-hydrogen) atoms. The van der Waals surface area contributed by atoms with Gasteiger partial charge in [-0.3, -0.25) is 4.79 Å². The fraction of sp³-hybridized carbons (Fsp3) is 0.462. The minimum atomic E-state index is -0.337. The van der Waals surface area contributed by atoms with E-state index in [9.17, 15) is 9.18 Å². The highest BCUT2D eigenvalue weighted by Gasteiger charge is 2.08. The van der Waals surface area contributed by atoms with Crippen molar-refractivity contribution in [2.24, 2.45) is 11.7 Å². The van der Waals surface area contributed by atoms with E-state index in [2.05, 4.69) is 28.2 Å². The zero-order valence-electron chi connectivity index (χ0n) is 10.4. The number of carbonyl (C=O) groups excluding carboxylic acids is 1. The zero-order chi connectivity index (χ0) is 13.5. The summed E-state index contributed by atoms with van der Waals surface area (Å²) in [6, 6.07) is 4.19. The quantitative estimate of drug-likeness (QED) is 0.846. The van der Waals surface area contributed by atoms with Gasteiger partial charge in [-0.1, -0.05) is 6.92 Å². The highest BCUT2D eigenvalue weighted by molar-refractivity contribution is 9.10. The lowest BCUT2D eigenvalue weighted by molar-refractivity contribution is -0.116. The van der Waals surface area contributed by atoms with Gasteiger partial charge in [0.25, 0.3) is 0 Å². The lowest BCUT2D eigenvalue weighted by atomic mass is 10.0. The summed E-state index contributed by atoms with van der Waals surface area (Å²) in [5.41, 5.74) is 6.04. The third-order valence-electron chi connectivity index (χ3n) is 2.73. The van der Waals surface area contributed by atoms with Gasteiger partial charge in [0.1, 0.15) is 5.82 Å². The van der Waals surface area contributed by atoms with Gasteiger partial charge in [-0.2, -0.15) is 0 Å². The van der Waals surface area contributed by atoms with E-state index in [0.717, 1.165) is 12.8 Å². The Bertz CT molecular complexity index is 412. The summed E-state index contributed by atoms with van der Waals surface area (Å²) >= 11 is 3.21. The van der Waals surface area contributed by atoms with Gasteiger partial charge in [0, 0.05) is 10.9 Å². The number of amides is 1. The molecule has 1 aromatic carbocycles. The molecule has 0 aliphatic carbocycles. The van der Waals surface area contributed by atoms with Gasteiger partial charge in [-0.25, -0.2) is 4.39 Å². The van der Waals surface area contributed by atoms with E-state index in [1.54, 1.807) is 6.07 Å². The molecule has 1 rings (SSSR count). The van der Waals surface area contributed by atoms with Crippen molar-refractivity contribution in [3.8, 4) is 0 Å². The molecule has 3 nitrogen and oxygen atoms in total. The van der Waals surface area contributed by atoms with E-state index in [0.29, 0.717) is 29.0 Å². The molecule has 0 bridgehead atoms. The second-order valence-corrected chi connectivity index (χ2v) is 5.25. The van der Waals surface area contributed by atoms with E-state index in [4.69, 9.17) is 5.73 Å². The average molecular weight is 317 g/mol. The van der Waals surface area contributed by atoms with Crippen molar-refractivity contribution < 1.29 is 9.18 Å². The Morgan fingerprint density at radius 2 is 2.22 bits per heavy atom. The van der Waals surface area contributed by atoms with Crippen LogP contribution in [0.2, 0.25) is 0 Å². The van der Waals surface area contributed by atoms with Gasteiger partial charge < -0.3 is 11.1 Å². The second-order valence-electron chi connectivity index (χ2n) is 4.39. The molecule has 0 aliphatic heterocycles. The number of hydrogen-bond acceptors (Lipinski definition) is 2. The molecule has 0 saturated carbocycles. The normalized spacial score (nSPS) is 12.2. The second kappa shape index (κ2) is 7.48. The third kappa shape index (κ3) is 5.14. The van der Waals surface area contributed by atoms with E-state index < -0.39 is 0 Å². The van der Waals surface area contributed by atoms with Gasteiger partial charge in [-0.15, -0.1) is 0 Å². The molecule has 3 N–H and O–H groups in total. The van der Waals surface area contributed by atoms with Crippen LogP contribution in [-0.4, -0.2) is 12.5 Å². The van der Waals surface area contributed by atoms with Crippen molar-refractivity contribution in [2.75, 3.05) is 11.9 Å². The van der Waals surface area contributed by atoms with Crippen molar-refractivity contribution in [3.63, 3.8) is 0 Å². The van der Waals surface area contributed by atoms with Crippen molar-refractivity contribution in [1.82, 2.24) is 0 Å². The van der Waals surface area contributed by atoms with Gasteiger partial charge in [0.2, 0.25) is 5.91 Å². The Labute approximate surface area is 115 Å². The van der Waals surface area contributed by atoms with E-state index in [1.807, 2.05) is 0 Å². The number of carbonyl (C=O) groups is 1. The molecule has 0 spiro atoms. The number of rotatable bonds is 6. The first-order valence-electron chi connectivity index (χ1n) is 5.98. The van der Waals surface area contributed by atoms with E-state index >= 15 is 0 Å². The number of nitrogens with one attached hydrogen (secondary N) is 1. The molecule has 0 heterocycles. The smallest absolute Gasteiger partial charge is 0.224 e. The van der Waals surface area contributed by atoms with Crippen LogP contribution in [0.5, 0.6) is 0 Å². The highest BCUT2D eigenvalue weighted by Crippen LogP contribution is 2.23. The van der Waals surface area contributed by atoms with Crippen LogP contribution in [0, 0.1) is 11.7 Å². The summed E-state index contributed by atoms with van der Waals surface area (Å²) in [5, 5.41) is 2.75. The molecule has 1 aromatic rings. The number of hydrogen-bond donors (Lipinski definition) is 2. The van der Waals surface area contributed by atoms with Gasteiger partial charge in [-0.05, 0) is 59.4 Å². The maximum absolute atomic E-state index is 12.9. The Balaban J connectivity index is 2.44. The molecule has 0 aliphatic rings. The largest absolute Gasteiger partial charge is 0.330 e. The predicted molar refractivity (Wildman–Crippen MR) is 74.8 cm³/mol. The first-order valence-corrected chi connectivity index (χ1v) is 6.77. The third-order valence-corrected chi connectivity index (χ3v) is 3.38. The monoisotopic (exact) mass is 316 g/mol. The van der Waals surface area contributed by atoms with Crippen molar-refractivity contribution in [1.29, 1.82) is 0 Å². The number of anilines is 1. The average Bonchev–Trinajstić information content (AvgIpc) is 2.31. The van der Waals surface area contributed by atoms with Gasteiger partial charge in [0.05, 0.1) is 5.69 Å². The van der Waals surface area contributed by atoms with Crippen LogP contribution in [0.4, 0.5) is 10.1 Å². The van der Waals surface area contributed by atoms with E-state index in [1.165, 1.54) is 12.1 Å². The predicted octanol–water partition coefficient (Wildman–Crippen LogP) is 3.29. The van der Waals surface area contributed by atoms with Crippen LogP contribution in [0.1, 0.15) is 26.2 Å². The number of nitrogens with two attached hydrogens (primary N) is 1. The number of benzene rings is 1. The molecule has 0 radical (unpaired) electrons. The molecule has 1 amide bonds. The first kappa shape index (κ1) is 15.1. The molecule has 0 aromatic heterocycles. The van der Waals surface area contributed by atoms with Crippen molar-refractivity contribution in [2.45, 2.75) is 26.2 Å².